The van der Waals surface area contributed by atoms with Crippen LogP contribution in [0, 0.1) is 0 Å². The van der Waals surface area contributed by atoms with Gasteiger partial charge in [0, 0.05) is 12.8 Å². The quantitative estimate of drug-likeness (QED) is 0.0233. The van der Waals surface area contributed by atoms with Crippen molar-refractivity contribution in [3.8, 4) is 0 Å². The van der Waals surface area contributed by atoms with Crippen molar-refractivity contribution in [1.82, 2.24) is 0 Å². The number of carbonyl (C=O) groups is 2. The molecule has 0 aromatic carbocycles. The molecule has 0 aromatic heterocycles. The van der Waals surface area contributed by atoms with E-state index in [1.807, 2.05) is 0 Å². The molecule has 0 bridgehead atoms. The van der Waals surface area contributed by atoms with Gasteiger partial charge < -0.3 is 19.3 Å². The Morgan fingerprint density at radius 2 is 1.13 bits per heavy atom. The van der Waals surface area contributed by atoms with Gasteiger partial charge in [-0.1, -0.05) is 122 Å². The molecule has 0 saturated heterocycles. The van der Waals surface area contributed by atoms with Crippen molar-refractivity contribution in [3.63, 3.8) is 0 Å². The summed E-state index contributed by atoms with van der Waals surface area (Å²) in [4.78, 5) is 42.6. The minimum atomic E-state index is -4.75. The van der Waals surface area contributed by atoms with Crippen molar-refractivity contribution >= 4 is 19.8 Å². The van der Waals surface area contributed by atoms with Crippen LogP contribution in [-0.4, -0.2) is 41.0 Å². The van der Waals surface area contributed by atoms with Crippen molar-refractivity contribution in [2.75, 3.05) is 13.2 Å². The normalized spacial score (nSPS) is 12.2. The molecule has 0 fully saturated rings. The monoisotopic (exact) mass is 670 g/mol. The SMILES string of the molecule is CC/C=C/CCCC=C=CCCCCCCCC(=O)OC(COC(=O)CCCCCCCCCCCCCCC)COP(=O)(O)O. The Morgan fingerprint density at radius 3 is 1.67 bits per heavy atom. The van der Waals surface area contributed by atoms with Gasteiger partial charge in [0.2, 0.25) is 0 Å². The van der Waals surface area contributed by atoms with E-state index in [1.54, 1.807) is 0 Å². The summed E-state index contributed by atoms with van der Waals surface area (Å²) in [5, 5.41) is 0. The van der Waals surface area contributed by atoms with Gasteiger partial charge in [0.1, 0.15) is 6.61 Å². The molecule has 0 spiro atoms. The van der Waals surface area contributed by atoms with Crippen molar-refractivity contribution in [2.24, 2.45) is 0 Å². The molecule has 0 rings (SSSR count). The Hall–Kier alpha value is -1.69. The van der Waals surface area contributed by atoms with Crippen molar-refractivity contribution in [2.45, 2.75) is 180 Å². The van der Waals surface area contributed by atoms with E-state index in [-0.39, 0.29) is 19.4 Å². The third kappa shape index (κ3) is 35.2. The molecule has 268 valence electrons. The fraction of sp³-hybridized carbons (Fsp3) is 0.811. The molecule has 2 N–H and O–H groups in total. The molecule has 1 unspecified atom stereocenters. The van der Waals surface area contributed by atoms with Crippen LogP contribution in [0.1, 0.15) is 174 Å². The molecule has 9 heteroatoms. The highest BCUT2D eigenvalue weighted by atomic mass is 31.2. The zero-order valence-electron chi connectivity index (χ0n) is 29.3. The molecule has 0 radical (unpaired) electrons. The predicted molar refractivity (Wildman–Crippen MR) is 187 cm³/mol. The average Bonchev–Trinajstić information content (AvgIpc) is 3.02. The molecule has 0 heterocycles. The molecule has 0 aliphatic rings. The first-order chi connectivity index (χ1) is 22.3. The van der Waals surface area contributed by atoms with E-state index >= 15 is 0 Å². The van der Waals surface area contributed by atoms with Gasteiger partial charge in [-0.15, -0.1) is 5.73 Å². The fourth-order valence-corrected chi connectivity index (χ4v) is 5.37. The predicted octanol–water partition coefficient (Wildman–Crippen LogP) is 10.6. The highest BCUT2D eigenvalue weighted by Crippen LogP contribution is 2.36. The molecule has 0 amide bonds. The lowest BCUT2D eigenvalue weighted by molar-refractivity contribution is -0.161. The van der Waals surface area contributed by atoms with Crippen molar-refractivity contribution in [1.29, 1.82) is 0 Å². The number of ether oxygens (including phenoxy) is 2. The highest BCUT2D eigenvalue weighted by Gasteiger charge is 2.22. The van der Waals surface area contributed by atoms with E-state index in [9.17, 15) is 14.2 Å². The van der Waals surface area contributed by atoms with E-state index in [4.69, 9.17) is 19.3 Å². The van der Waals surface area contributed by atoms with E-state index < -0.39 is 32.5 Å². The van der Waals surface area contributed by atoms with Crippen LogP contribution < -0.4 is 0 Å². The van der Waals surface area contributed by atoms with Gasteiger partial charge in [0.15, 0.2) is 6.10 Å². The summed E-state index contributed by atoms with van der Waals surface area (Å²) in [5.74, 6) is -0.907. The molecule has 0 aromatic rings. The average molecular weight is 671 g/mol. The van der Waals surface area contributed by atoms with E-state index in [0.29, 0.717) is 6.42 Å². The van der Waals surface area contributed by atoms with Crippen LogP contribution in [0.5, 0.6) is 0 Å². The summed E-state index contributed by atoms with van der Waals surface area (Å²) in [6, 6.07) is 0. The molecule has 46 heavy (non-hydrogen) atoms. The number of carbonyl (C=O) groups excluding carboxylic acids is 2. The van der Waals surface area contributed by atoms with Crippen LogP contribution >= 0.6 is 7.82 Å². The van der Waals surface area contributed by atoms with Gasteiger partial charge in [0.25, 0.3) is 0 Å². The third-order valence-electron chi connectivity index (χ3n) is 7.73. The zero-order valence-corrected chi connectivity index (χ0v) is 30.2. The lowest BCUT2D eigenvalue weighted by Crippen LogP contribution is -2.29. The highest BCUT2D eigenvalue weighted by molar-refractivity contribution is 7.46. The molecule has 0 aliphatic heterocycles. The van der Waals surface area contributed by atoms with Gasteiger partial charge in [0.05, 0.1) is 6.61 Å². The first-order valence-electron chi connectivity index (χ1n) is 18.4. The second-order valence-corrected chi connectivity index (χ2v) is 13.5. The standard InChI is InChI=1S/C37H67O8P/c1-3-5-7-9-11-13-15-17-18-20-22-24-26-28-30-32-37(39)45-35(34-44-46(40,41)42)33-43-36(38)31-29-27-25-23-21-19-16-14-12-10-8-6-4-2/h5,7,15,18,35H,3-4,6,8-14,16,19-34H2,1-2H3,(H2,40,41,42)/b7-5+. The maximum atomic E-state index is 12.3. The van der Waals surface area contributed by atoms with Gasteiger partial charge in [-0.25, -0.2) is 4.57 Å². The molecule has 1 atom stereocenters. The Morgan fingerprint density at radius 1 is 0.630 bits per heavy atom. The summed E-state index contributed by atoms with van der Waals surface area (Å²) in [6.07, 6.45) is 33.9. The van der Waals surface area contributed by atoms with Crippen LogP contribution in [0.15, 0.2) is 30.0 Å². The number of hydrogen-bond acceptors (Lipinski definition) is 6. The zero-order chi connectivity index (χ0) is 34.0. The van der Waals surface area contributed by atoms with Crippen LogP contribution in [0.2, 0.25) is 0 Å². The number of hydrogen-bond donors (Lipinski definition) is 2. The van der Waals surface area contributed by atoms with Gasteiger partial charge in [-0.2, -0.15) is 0 Å². The Labute approximate surface area is 281 Å². The van der Waals surface area contributed by atoms with Gasteiger partial charge in [-0.3, -0.25) is 14.1 Å². The smallest absolute Gasteiger partial charge is 0.462 e. The van der Waals surface area contributed by atoms with Gasteiger partial charge in [-0.05, 0) is 63.5 Å². The minimum Gasteiger partial charge on any atom is -0.462 e. The first-order valence-corrected chi connectivity index (χ1v) is 19.9. The van der Waals surface area contributed by atoms with Crippen molar-refractivity contribution < 1.29 is 37.9 Å². The topological polar surface area (TPSA) is 119 Å². The van der Waals surface area contributed by atoms with E-state index in [1.165, 1.54) is 64.2 Å². The molecule has 0 aliphatic carbocycles. The Kier molecular flexibility index (Phi) is 32.0. The number of allylic oxidation sites excluding steroid dienone is 3. The second kappa shape index (κ2) is 33.2. The lowest BCUT2D eigenvalue weighted by Gasteiger charge is -2.18. The fourth-order valence-electron chi connectivity index (χ4n) is 5.00. The van der Waals surface area contributed by atoms with Crippen LogP contribution in [0.3, 0.4) is 0 Å². The number of phosphoric ester groups is 1. The number of unbranched alkanes of at least 4 members (excludes halogenated alkanes) is 19. The maximum absolute atomic E-state index is 12.3. The summed E-state index contributed by atoms with van der Waals surface area (Å²) in [5.41, 5.74) is 3.25. The summed E-state index contributed by atoms with van der Waals surface area (Å²) < 4.78 is 26.3. The maximum Gasteiger partial charge on any atom is 0.469 e. The van der Waals surface area contributed by atoms with Crippen molar-refractivity contribution in [3.05, 3.63) is 30.0 Å². The van der Waals surface area contributed by atoms with Crippen LogP contribution in [0.4, 0.5) is 0 Å². The largest absolute Gasteiger partial charge is 0.469 e. The van der Waals surface area contributed by atoms with Crippen LogP contribution in [0.25, 0.3) is 0 Å². The first kappa shape index (κ1) is 44.3. The van der Waals surface area contributed by atoms with E-state index in [2.05, 4.69) is 48.4 Å². The minimum absolute atomic E-state index is 0.190. The molecular weight excluding hydrogens is 603 g/mol. The number of esters is 2. The number of rotatable bonds is 33. The lowest BCUT2D eigenvalue weighted by atomic mass is 10.0. The summed E-state index contributed by atoms with van der Waals surface area (Å²) in [7, 11) is -4.75. The second-order valence-electron chi connectivity index (χ2n) is 12.3. The van der Waals surface area contributed by atoms with Crippen LogP contribution in [-0.2, 0) is 28.2 Å². The van der Waals surface area contributed by atoms with E-state index in [0.717, 1.165) is 77.0 Å². The molecule has 8 nitrogen and oxygen atoms in total. The third-order valence-corrected chi connectivity index (χ3v) is 8.21. The summed E-state index contributed by atoms with van der Waals surface area (Å²) >= 11 is 0. The number of phosphoric acid groups is 1. The summed E-state index contributed by atoms with van der Waals surface area (Å²) in [6.45, 7) is 3.55. The van der Waals surface area contributed by atoms with Gasteiger partial charge >= 0.3 is 19.8 Å². The molecule has 0 saturated carbocycles. The Balaban J connectivity index is 4.01. The molecular formula is C37H67O8P. The Bertz CT molecular complexity index is 859.